The number of methoxy groups -OCH3 is 1. The van der Waals surface area contributed by atoms with Crippen LogP contribution in [-0.2, 0) is 14.4 Å². The molecule has 0 saturated carbocycles. The molecule has 0 bridgehead atoms. The van der Waals surface area contributed by atoms with Crippen molar-refractivity contribution in [2.45, 2.75) is 11.7 Å². The Balaban J connectivity index is 0.000000358. The number of aromatic nitrogens is 1. The Morgan fingerprint density at radius 2 is 1.41 bits per heavy atom. The van der Waals surface area contributed by atoms with Crippen LogP contribution in [0.15, 0.2) is 66.7 Å². The first-order valence-corrected chi connectivity index (χ1v) is 12.3. The molecule has 3 aromatic carbocycles. The summed E-state index contributed by atoms with van der Waals surface area (Å²) in [7, 11) is 1.62. The molecule has 1 unspecified atom stereocenters. The predicted octanol–water partition coefficient (Wildman–Crippen LogP) is 1.71. The lowest BCUT2D eigenvalue weighted by molar-refractivity contribution is -0.186. The second-order valence-corrected chi connectivity index (χ2v) is 8.64. The summed E-state index contributed by atoms with van der Waals surface area (Å²) in [6.45, 7) is 1.70. The second kappa shape index (κ2) is 14.0. The lowest BCUT2D eigenvalue weighted by Crippen LogP contribution is -2.53. The van der Waals surface area contributed by atoms with Gasteiger partial charge in [0, 0.05) is 29.4 Å². The fourth-order valence-electron chi connectivity index (χ4n) is 3.75. The van der Waals surface area contributed by atoms with Crippen molar-refractivity contribution >= 4 is 39.7 Å². The lowest BCUT2D eigenvalue weighted by atomic mass is 10.1. The van der Waals surface area contributed by atoms with Crippen LogP contribution >= 0.6 is 0 Å². The number of H-pyrrole nitrogens is 1. The molecule has 0 fully saturated rings. The van der Waals surface area contributed by atoms with Gasteiger partial charge in [-0.25, -0.2) is 14.4 Å². The van der Waals surface area contributed by atoms with E-state index < -0.39 is 29.6 Å². The summed E-state index contributed by atoms with van der Waals surface area (Å²) in [5, 5.41) is 48.0. The number of ether oxygens (including phenoxy) is 3. The van der Waals surface area contributed by atoms with Gasteiger partial charge in [-0.1, -0.05) is 36.4 Å². The average molecular weight is 571 g/mol. The minimum Gasteiger partial charge on any atom is -0.493 e. The highest BCUT2D eigenvalue weighted by atomic mass is 16.5. The molecule has 4 rings (SSSR count). The molecule has 218 valence electrons. The number of rotatable bonds is 13. The van der Waals surface area contributed by atoms with E-state index in [2.05, 4.69) is 16.4 Å². The Hall–Kier alpha value is -4.85. The molecule has 4 aromatic rings. The maximum atomic E-state index is 10.3. The number of hydrogen-bond acceptors (Lipinski definition) is 9. The van der Waals surface area contributed by atoms with Gasteiger partial charge in [0.05, 0.1) is 12.6 Å². The number of carboxylic acid groups (broad SMARTS) is 3. The molecule has 0 amide bonds. The number of aliphatic carboxylic acids is 3. The van der Waals surface area contributed by atoms with Gasteiger partial charge in [-0.2, -0.15) is 0 Å². The molecule has 41 heavy (non-hydrogen) atoms. The van der Waals surface area contributed by atoms with E-state index in [1.807, 2.05) is 60.7 Å². The molecule has 0 aliphatic heterocycles. The SMILES string of the molecule is COc1ccccc1OCCNCC(O)COc1cccc2[nH]c3ccccc3c12.O=C(O)C(O)(C(=O)O)C(=O)O. The number of carboxylic acids is 3. The largest absolute Gasteiger partial charge is 0.493 e. The highest BCUT2D eigenvalue weighted by molar-refractivity contribution is 6.19. The number of para-hydroxylation sites is 3. The first-order valence-electron chi connectivity index (χ1n) is 12.3. The normalized spacial score (nSPS) is 11.8. The van der Waals surface area contributed by atoms with E-state index in [1.54, 1.807) is 7.11 Å². The Kier molecular flexibility index (Phi) is 10.5. The number of benzene rings is 3. The molecular formula is C28H30N2O11. The summed E-state index contributed by atoms with van der Waals surface area (Å²) in [4.78, 5) is 33.1. The van der Waals surface area contributed by atoms with Gasteiger partial charge in [-0.15, -0.1) is 0 Å². The maximum absolute atomic E-state index is 10.3. The van der Waals surface area contributed by atoms with E-state index in [9.17, 15) is 19.5 Å². The molecule has 0 spiro atoms. The Morgan fingerprint density at radius 1 is 0.829 bits per heavy atom. The third kappa shape index (κ3) is 7.42. The quantitative estimate of drug-likeness (QED) is 0.0905. The number of carbonyl (C=O) groups is 3. The zero-order valence-corrected chi connectivity index (χ0v) is 21.9. The standard InChI is InChI=1S/C24H26N2O4.C4H4O7/c1-28-21-10-4-5-11-22(21)29-14-13-25-15-17(27)16-30-23-12-6-9-20-24(23)18-7-2-3-8-19(18)26-20;5-1(6)4(11,2(7)8)3(9)10/h2-12,17,25-27H,13-16H2,1H3;11H,(H,5,6)(H,7,8)(H,9,10). The van der Waals surface area contributed by atoms with Gasteiger partial charge in [0.15, 0.2) is 11.5 Å². The zero-order valence-electron chi connectivity index (χ0n) is 21.9. The van der Waals surface area contributed by atoms with Crippen LogP contribution in [-0.4, -0.2) is 93.5 Å². The summed E-state index contributed by atoms with van der Waals surface area (Å²) in [6, 6.07) is 21.6. The van der Waals surface area contributed by atoms with Crippen molar-refractivity contribution in [3.8, 4) is 17.2 Å². The molecule has 7 N–H and O–H groups in total. The van der Waals surface area contributed by atoms with Gasteiger partial charge in [0.2, 0.25) is 0 Å². The summed E-state index contributed by atoms with van der Waals surface area (Å²) in [5.74, 6) is -4.83. The van der Waals surface area contributed by atoms with Crippen molar-refractivity contribution in [1.82, 2.24) is 10.3 Å². The first kappa shape index (κ1) is 30.7. The third-order valence-corrected chi connectivity index (χ3v) is 5.84. The summed E-state index contributed by atoms with van der Waals surface area (Å²) >= 11 is 0. The van der Waals surface area contributed by atoms with Gasteiger partial charge >= 0.3 is 23.5 Å². The van der Waals surface area contributed by atoms with E-state index >= 15 is 0 Å². The van der Waals surface area contributed by atoms with E-state index in [0.29, 0.717) is 31.2 Å². The lowest BCUT2D eigenvalue weighted by Gasteiger charge is -2.15. The smallest absolute Gasteiger partial charge is 0.359 e. The van der Waals surface area contributed by atoms with Gasteiger partial charge in [0.25, 0.3) is 0 Å². The van der Waals surface area contributed by atoms with Gasteiger partial charge in [0.1, 0.15) is 25.1 Å². The minimum atomic E-state index is -3.75. The molecule has 0 radical (unpaired) electrons. The Morgan fingerprint density at radius 3 is 2.05 bits per heavy atom. The molecule has 0 saturated heterocycles. The van der Waals surface area contributed by atoms with Crippen molar-refractivity contribution in [2.24, 2.45) is 0 Å². The summed E-state index contributed by atoms with van der Waals surface area (Å²) < 4.78 is 16.9. The molecular weight excluding hydrogens is 540 g/mol. The molecule has 1 aromatic heterocycles. The van der Waals surface area contributed by atoms with Crippen molar-refractivity contribution in [3.05, 3.63) is 66.7 Å². The van der Waals surface area contributed by atoms with Crippen LogP contribution in [0.4, 0.5) is 0 Å². The summed E-state index contributed by atoms with van der Waals surface area (Å²) in [6.07, 6.45) is -0.628. The van der Waals surface area contributed by atoms with E-state index in [1.165, 1.54) is 0 Å². The average Bonchev–Trinajstić information content (AvgIpc) is 3.35. The van der Waals surface area contributed by atoms with Gasteiger partial charge in [-0.05, 0) is 30.3 Å². The number of aliphatic hydroxyl groups is 2. The number of hydrogen-bond donors (Lipinski definition) is 7. The molecule has 0 aliphatic carbocycles. The van der Waals surface area contributed by atoms with Crippen molar-refractivity contribution in [3.63, 3.8) is 0 Å². The topological polar surface area (TPSA) is 208 Å². The van der Waals surface area contributed by atoms with E-state index in [0.717, 1.165) is 27.6 Å². The van der Waals surface area contributed by atoms with E-state index in [4.69, 9.17) is 34.6 Å². The van der Waals surface area contributed by atoms with Crippen molar-refractivity contribution < 1.29 is 54.1 Å². The first-order chi connectivity index (χ1) is 19.6. The van der Waals surface area contributed by atoms with Gasteiger partial charge in [-0.3, -0.25) is 0 Å². The molecule has 1 atom stereocenters. The minimum absolute atomic E-state index is 0.207. The highest BCUT2D eigenvalue weighted by Gasteiger charge is 2.53. The predicted molar refractivity (Wildman–Crippen MR) is 147 cm³/mol. The number of nitrogens with one attached hydrogen (secondary N) is 2. The fourth-order valence-corrected chi connectivity index (χ4v) is 3.75. The summed E-state index contributed by atoms with van der Waals surface area (Å²) in [5.41, 5.74) is -1.66. The van der Waals surface area contributed by atoms with Crippen molar-refractivity contribution in [1.29, 1.82) is 0 Å². The number of fused-ring (bicyclic) bond motifs is 3. The maximum Gasteiger partial charge on any atom is 0.359 e. The molecule has 1 heterocycles. The van der Waals surface area contributed by atoms with Crippen LogP contribution in [0.5, 0.6) is 17.2 Å². The fraction of sp³-hybridized carbons (Fsp3) is 0.250. The Labute approximate surface area is 233 Å². The third-order valence-electron chi connectivity index (χ3n) is 5.84. The molecule has 13 nitrogen and oxygen atoms in total. The molecule has 13 heteroatoms. The van der Waals surface area contributed by atoms with Crippen LogP contribution < -0.4 is 19.5 Å². The van der Waals surface area contributed by atoms with Crippen LogP contribution in [0.25, 0.3) is 21.8 Å². The number of aromatic amines is 1. The van der Waals surface area contributed by atoms with Crippen LogP contribution in [0.1, 0.15) is 0 Å². The van der Waals surface area contributed by atoms with Gasteiger partial charge < -0.3 is 50.0 Å². The number of aliphatic hydroxyl groups excluding tert-OH is 1. The second-order valence-electron chi connectivity index (χ2n) is 8.64. The monoisotopic (exact) mass is 570 g/mol. The van der Waals surface area contributed by atoms with Crippen LogP contribution in [0.2, 0.25) is 0 Å². The molecule has 0 aliphatic rings. The zero-order chi connectivity index (χ0) is 30.0. The van der Waals surface area contributed by atoms with Crippen LogP contribution in [0.3, 0.4) is 0 Å². The van der Waals surface area contributed by atoms with Crippen LogP contribution in [0, 0.1) is 0 Å². The van der Waals surface area contributed by atoms with Crippen molar-refractivity contribution in [2.75, 3.05) is 33.4 Å². The highest BCUT2D eigenvalue weighted by Crippen LogP contribution is 2.33. The Bertz CT molecular complexity index is 1460. The van der Waals surface area contributed by atoms with E-state index in [-0.39, 0.29) is 6.61 Å².